The molecule has 0 aliphatic carbocycles. The van der Waals surface area contributed by atoms with Crippen LogP contribution >= 0.6 is 0 Å². The predicted molar refractivity (Wildman–Crippen MR) is 129 cm³/mol. The molecule has 0 saturated carbocycles. The first-order valence-corrected chi connectivity index (χ1v) is 11.8. The standard InChI is InChI=1S/C21H36N8O8/c22-11(3-1-9-26-21(24)25)17(33)27-12(5-7-15(23)30)18(34)28-13(6-8-16(31)32)19(35)29-10-2-4-14(29)20(36)37/h11-14H,1-10,22H2,(H2,23,30)(H,27,33)(H,28,34)(H,31,32)(H,36,37)(H4,24,25,26). The Kier molecular flexibility index (Phi) is 12.8. The van der Waals surface area contributed by atoms with Crippen LogP contribution in [0.15, 0.2) is 4.99 Å². The van der Waals surface area contributed by atoms with E-state index in [-0.39, 0.29) is 51.2 Å². The van der Waals surface area contributed by atoms with E-state index in [1.165, 1.54) is 0 Å². The molecule has 208 valence electrons. The van der Waals surface area contributed by atoms with Crippen molar-refractivity contribution in [3.8, 4) is 0 Å². The molecule has 1 aliphatic rings. The Hall–Kier alpha value is -3.95. The van der Waals surface area contributed by atoms with Crippen molar-refractivity contribution in [1.82, 2.24) is 15.5 Å². The molecule has 4 unspecified atom stereocenters. The number of aliphatic carboxylic acids is 2. The van der Waals surface area contributed by atoms with Crippen LogP contribution in [0.1, 0.15) is 51.4 Å². The molecule has 0 spiro atoms. The van der Waals surface area contributed by atoms with Gasteiger partial charge in [-0.15, -0.1) is 0 Å². The van der Waals surface area contributed by atoms with Crippen LogP contribution in [0.5, 0.6) is 0 Å². The molecular formula is C21H36N8O8. The Labute approximate surface area is 213 Å². The monoisotopic (exact) mass is 528 g/mol. The highest BCUT2D eigenvalue weighted by Gasteiger charge is 2.38. The highest BCUT2D eigenvalue weighted by molar-refractivity contribution is 5.94. The summed E-state index contributed by atoms with van der Waals surface area (Å²) in [5, 5.41) is 23.3. The smallest absolute Gasteiger partial charge is 0.326 e. The molecule has 16 nitrogen and oxygen atoms in total. The van der Waals surface area contributed by atoms with E-state index >= 15 is 0 Å². The van der Waals surface area contributed by atoms with E-state index in [2.05, 4.69) is 15.6 Å². The van der Waals surface area contributed by atoms with Crippen LogP contribution in [-0.4, -0.2) is 93.9 Å². The lowest BCUT2D eigenvalue weighted by Crippen LogP contribution is -2.57. The van der Waals surface area contributed by atoms with Gasteiger partial charge in [-0.1, -0.05) is 0 Å². The molecular weight excluding hydrogens is 492 g/mol. The zero-order valence-corrected chi connectivity index (χ0v) is 20.4. The second kappa shape index (κ2) is 15.2. The van der Waals surface area contributed by atoms with Crippen molar-refractivity contribution < 1.29 is 39.0 Å². The molecule has 0 aromatic carbocycles. The number of guanidine groups is 1. The van der Waals surface area contributed by atoms with Crippen LogP contribution in [0, 0.1) is 0 Å². The van der Waals surface area contributed by atoms with Gasteiger partial charge in [-0.05, 0) is 38.5 Å². The number of carboxylic acids is 2. The molecule has 16 heteroatoms. The number of carboxylic acid groups (broad SMARTS) is 2. The SMILES string of the molecule is NC(=O)CCC(NC(=O)C(N)CCCN=C(N)N)C(=O)NC(CCC(=O)O)C(=O)N1CCCC1C(=O)O. The average molecular weight is 529 g/mol. The van der Waals surface area contributed by atoms with Crippen molar-refractivity contribution in [2.24, 2.45) is 27.9 Å². The highest BCUT2D eigenvalue weighted by atomic mass is 16.4. The van der Waals surface area contributed by atoms with Crippen molar-refractivity contribution in [2.75, 3.05) is 13.1 Å². The third kappa shape index (κ3) is 11.1. The van der Waals surface area contributed by atoms with Crippen LogP contribution in [0.2, 0.25) is 0 Å². The first kappa shape index (κ1) is 31.1. The number of carbonyl (C=O) groups excluding carboxylic acids is 4. The number of likely N-dealkylation sites (tertiary alicyclic amines) is 1. The molecule has 0 aromatic rings. The van der Waals surface area contributed by atoms with Crippen molar-refractivity contribution in [2.45, 2.75) is 75.5 Å². The lowest BCUT2D eigenvalue weighted by Gasteiger charge is -2.28. The molecule has 12 N–H and O–H groups in total. The van der Waals surface area contributed by atoms with E-state index in [0.29, 0.717) is 12.8 Å². The van der Waals surface area contributed by atoms with Crippen LogP contribution in [0.25, 0.3) is 0 Å². The van der Waals surface area contributed by atoms with Gasteiger partial charge in [0, 0.05) is 25.9 Å². The van der Waals surface area contributed by atoms with E-state index < -0.39 is 66.2 Å². The van der Waals surface area contributed by atoms with Crippen molar-refractivity contribution in [3.05, 3.63) is 0 Å². The molecule has 1 aliphatic heterocycles. The quantitative estimate of drug-likeness (QED) is 0.0553. The lowest BCUT2D eigenvalue weighted by atomic mass is 10.1. The number of nitrogens with one attached hydrogen (secondary N) is 2. The second-order valence-corrected chi connectivity index (χ2v) is 8.64. The Morgan fingerprint density at radius 2 is 1.54 bits per heavy atom. The minimum atomic E-state index is -1.37. The zero-order chi connectivity index (χ0) is 28.1. The van der Waals surface area contributed by atoms with Gasteiger partial charge in [0.1, 0.15) is 18.1 Å². The maximum absolute atomic E-state index is 13.1. The van der Waals surface area contributed by atoms with Gasteiger partial charge in [0.15, 0.2) is 5.96 Å². The maximum Gasteiger partial charge on any atom is 0.326 e. The van der Waals surface area contributed by atoms with Crippen LogP contribution in [-0.2, 0) is 28.8 Å². The van der Waals surface area contributed by atoms with E-state index in [1.54, 1.807) is 0 Å². The molecule has 0 radical (unpaired) electrons. The van der Waals surface area contributed by atoms with E-state index in [9.17, 15) is 33.9 Å². The molecule has 1 fully saturated rings. The summed E-state index contributed by atoms with van der Waals surface area (Å²) in [5.74, 6) is -5.64. The van der Waals surface area contributed by atoms with Gasteiger partial charge in [0.2, 0.25) is 23.6 Å². The van der Waals surface area contributed by atoms with Gasteiger partial charge in [0.25, 0.3) is 0 Å². The number of primary amides is 1. The fourth-order valence-corrected chi connectivity index (χ4v) is 3.77. The maximum atomic E-state index is 13.1. The van der Waals surface area contributed by atoms with Crippen molar-refractivity contribution >= 4 is 41.5 Å². The largest absolute Gasteiger partial charge is 0.481 e. The van der Waals surface area contributed by atoms with Crippen LogP contribution < -0.4 is 33.6 Å². The fourth-order valence-electron chi connectivity index (χ4n) is 3.77. The third-order valence-electron chi connectivity index (χ3n) is 5.70. The molecule has 37 heavy (non-hydrogen) atoms. The van der Waals surface area contributed by atoms with Gasteiger partial charge in [0.05, 0.1) is 6.04 Å². The number of hydrogen-bond donors (Lipinski definition) is 8. The number of nitrogens with two attached hydrogens (primary N) is 4. The lowest BCUT2D eigenvalue weighted by molar-refractivity contribution is -0.150. The summed E-state index contributed by atoms with van der Waals surface area (Å²) in [6, 6.07) is -4.83. The molecule has 1 heterocycles. The summed E-state index contributed by atoms with van der Waals surface area (Å²) in [7, 11) is 0. The average Bonchev–Trinajstić information content (AvgIpc) is 3.31. The molecule has 0 aromatic heterocycles. The minimum Gasteiger partial charge on any atom is -0.481 e. The summed E-state index contributed by atoms with van der Waals surface area (Å²) in [6.45, 7) is 0.363. The molecule has 4 atom stereocenters. The normalized spacial score (nSPS) is 17.2. The number of amides is 4. The third-order valence-corrected chi connectivity index (χ3v) is 5.70. The molecule has 0 bridgehead atoms. The number of aliphatic imine (C=N–C) groups is 1. The van der Waals surface area contributed by atoms with Crippen LogP contribution in [0.3, 0.4) is 0 Å². The number of hydrogen-bond acceptors (Lipinski definition) is 8. The minimum absolute atomic E-state index is 0.114. The number of rotatable bonds is 16. The Bertz CT molecular complexity index is 892. The molecule has 1 saturated heterocycles. The van der Waals surface area contributed by atoms with Gasteiger partial charge in [-0.2, -0.15) is 0 Å². The van der Waals surface area contributed by atoms with Crippen LogP contribution in [0.4, 0.5) is 0 Å². The van der Waals surface area contributed by atoms with E-state index in [1.807, 2.05) is 0 Å². The summed E-state index contributed by atoms with van der Waals surface area (Å²) in [6.07, 6.45) is -0.0898. The summed E-state index contributed by atoms with van der Waals surface area (Å²) in [4.78, 5) is 77.4. The van der Waals surface area contributed by atoms with E-state index in [0.717, 1.165) is 4.90 Å². The second-order valence-electron chi connectivity index (χ2n) is 8.64. The van der Waals surface area contributed by atoms with Crippen molar-refractivity contribution in [1.29, 1.82) is 0 Å². The Balaban J connectivity index is 2.97. The van der Waals surface area contributed by atoms with Gasteiger partial charge in [-0.25, -0.2) is 4.79 Å². The first-order valence-electron chi connectivity index (χ1n) is 11.8. The number of carbonyl (C=O) groups is 6. The highest BCUT2D eigenvalue weighted by Crippen LogP contribution is 2.20. The van der Waals surface area contributed by atoms with Gasteiger partial charge in [-0.3, -0.25) is 29.0 Å². The number of nitrogens with zero attached hydrogens (tertiary/aromatic N) is 2. The summed E-state index contributed by atoms with van der Waals surface area (Å²) >= 11 is 0. The van der Waals surface area contributed by atoms with Gasteiger partial charge >= 0.3 is 11.9 Å². The Morgan fingerprint density at radius 1 is 0.919 bits per heavy atom. The first-order chi connectivity index (χ1) is 17.3. The topological polar surface area (TPSA) is 287 Å². The Morgan fingerprint density at radius 3 is 2.11 bits per heavy atom. The van der Waals surface area contributed by atoms with Crippen molar-refractivity contribution in [3.63, 3.8) is 0 Å². The summed E-state index contributed by atoms with van der Waals surface area (Å²) < 4.78 is 0. The molecule has 4 amide bonds. The predicted octanol–water partition coefficient (Wildman–Crippen LogP) is -3.46. The van der Waals surface area contributed by atoms with Gasteiger partial charge < -0.3 is 48.7 Å². The molecule has 1 rings (SSSR count). The fraction of sp³-hybridized carbons (Fsp3) is 0.667. The van der Waals surface area contributed by atoms with E-state index in [4.69, 9.17) is 28.0 Å². The zero-order valence-electron chi connectivity index (χ0n) is 20.4. The summed E-state index contributed by atoms with van der Waals surface area (Å²) in [5.41, 5.74) is 21.5.